The molecule has 6 nitrogen and oxygen atoms in total. The number of allylic oxidation sites excluding steroid dienone is 2. The molecule has 0 aliphatic heterocycles. The van der Waals surface area contributed by atoms with Gasteiger partial charge in [-0.15, -0.1) is 0 Å². The van der Waals surface area contributed by atoms with E-state index in [0.29, 0.717) is 19.3 Å². The fraction of sp³-hybridized carbons (Fsp3) is 0.900. The second-order valence-corrected chi connectivity index (χ2v) is 15.2. The SMILES string of the molecule is CC1(C)CC[C@]2(C(=O)O)CC[C@]3(C)C(=CC[C@@H]4[C@@]5(C)C[C@H](O)[C@H](O)[C@@](C)(CO)C5[C@H](O)C[C@]43C)[C@H]2C1. The Morgan fingerprint density at radius 3 is 2.17 bits per heavy atom. The second kappa shape index (κ2) is 7.80. The van der Waals surface area contributed by atoms with E-state index in [1.165, 1.54) is 5.57 Å². The zero-order chi connectivity index (χ0) is 26.7. The molecule has 0 aromatic rings. The van der Waals surface area contributed by atoms with E-state index in [1.807, 2.05) is 6.92 Å². The standard InChI is InChI=1S/C30H48O6/c1-25(2)9-11-30(24(35)36)12-10-28(5)17(18(30)13-25)7-8-21-26(3)14-20(33)23(34)27(4,16-31)22(26)19(32)15-29(21,28)6/h7,18-23,31-34H,8-16H2,1-6H3,(H,35,36)/t18-,19-,20+,21-,22?,23+,26-,27+,28-,29-,30+/m1/s1. The predicted molar refractivity (Wildman–Crippen MR) is 137 cm³/mol. The van der Waals surface area contributed by atoms with Crippen LogP contribution in [-0.4, -0.2) is 56.4 Å². The van der Waals surface area contributed by atoms with Gasteiger partial charge >= 0.3 is 5.97 Å². The lowest BCUT2D eigenvalue weighted by Gasteiger charge is -2.72. The van der Waals surface area contributed by atoms with Crippen molar-refractivity contribution < 1.29 is 30.3 Å². The second-order valence-electron chi connectivity index (χ2n) is 15.2. The maximum Gasteiger partial charge on any atom is 0.310 e. The molecule has 4 fully saturated rings. The molecular formula is C30H48O6. The molecule has 0 aromatic carbocycles. The van der Waals surface area contributed by atoms with E-state index >= 15 is 0 Å². The van der Waals surface area contributed by atoms with Crippen molar-refractivity contribution in [3.05, 3.63) is 11.6 Å². The number of aliphatic hydroxyl groups is 4. The molecule has 0 bridgehead atoms. The molecule has 0 heterocycles. The summed E-state index contributed by atoms with van der Waals surface area (Å²) in [5.74, 6) is -0.842. The molecule has 5 rings (SSSR count). The largest absolute Gasteiger partial charge is 0.481 e. The van der Waals surface area contributed by atoms with Crippen LogP contribution in [0, 0.1) is 50.2 Å². The highest BCUT2D eigenvalue weighted by molar-refractivity contribution is 5.76. The Hall–Kier alpha value is -0.950. The number of carbonyl (C=O) groups is 1. The Balaban J connectivity index is 1.64. The number of hydrogen-bond acceptors (Lipinski definition) is 5. The monoisotopic (exact) mass is 504 g/mol. The van der Waals surface area contributed by atoms with Gasteiger partial charge in [0, 0.05) is 11.3 Å². The summed E-state index contributed by atoms with van der Waals surface area (Å²) in [5, 5.41) is 54.6. The Kier molecular flexibility index (Phi) is 5.77. The van der Waals surface area contributed by atoms with E-state index in [1.54, 1.807) is 0 Å². The van der Waals surface area contributed by atoms with Gasteiger partial charge in [0.15, 0.2) is 0 Å². The lowest BCUT2D eigenvalue weighted by Crippen LogP contribution is -2.71. The molecular weight excluding hydrogens is 456 g/mol. The highest BCUT2D eigenvalue weighted by atomic mass is 16.4. The van der Waals surface area contributed by atoms with E-state index in [0.717, 1.165) is 32.1 Å². The summed E-state index contributed by atoms with van der Waals surface area (Å²) in [4.78, 5) is 12.8. The molecule has 0 spiro atoms. The van der Waals surface area contributed by atoms with Gasteiger partial charge in [-0.25, -0.2) is 0 Å². The van der Waals surface area contributed by atoms with Gasteiger partial charge in [0.25, 0.3) is 0 Å². The average molecular weight is 505 g/mol. The van der Waals surface area contributed by atoms with Crippen molar-refractivity contribution in [3.63, 3.8) is 0 Å². The molecule has 36 heavy (non-hydrogen) atoms. The van der Waals surface area contributed by atoms with Crippen molar-refractivity contribution in [2.45, 2.75) is 111 Å². The highest BCUT2D eigenvalue weighted by Crippen LogP contribution is 2.75. The number of aliphatic hydroxyl groups excluding tert-OH is 4. The summed E-state index contributed by atoms with van der Waals surface area (Å²) >= 11 is 0. The number of hydrogen-bond donors (Lipinski definition) is 5. The number of rotatable bonds is 2. The summed E-state index contributed by atoms with van der Waals surface area (Å²) in [6.45, 7) is 12.8. The van der Waals surface area contributed by atoms with E-state index in [9.17, 15) is 30.3 Å². The van der Waals surface area contributed by atoms with E-state index in [4.69, 9.17) is 0 Å². The molecule has 0 radical (unpaired) electrons. The Morgan fingerprint density at radius 2 is 1.56 bits per heavy atom. The number of carboxylic acid groups (broad SMARTS) is 1. The minimum atomic E-state index is -1.08. The van der Waals surface area contributed by atoms with Crippen molar-refractivity contribution in [1.29, 1.82) is 0 Å². The summed E-state index contributed by atoms with van der Waals surface area (Å²) in [6.07, 6.45) is 5.27. The lowest BCUT2D eigenvalue weighted by atomic mass is 9.33. The molecule has 0 amide bonds. The molecule has 4 saturated carbocycles. The first kappa shape index (κ1) is 26.6. The molecule has 5 aliphatic carbocycles. The van der Waals surface area contributed by atoms with E-state index < -0.39 is 40.5 Å². The minimum Gasteiger partial charge on any atom is -0.481 e. The average Bonchev–Trinajstić information content (AvgIpc) is 2.77. The molecule has 6 heteroatoms. The third kappa shape index (κ3) is 3.08. The van der Waals surface area contributed by atoms with Crippen LogP contribution in [-0.2, 0) is 4.79 Å². The topological polar surface area (TPSA) is 118 Å². The Bertz CT molecular complexity index is 974. The molecule has 11 atom stereocenters. The quantitative estimate of drug-likeness (QED) is 0.361. The fourth-order valence-corrected chi connectivity index (χ4v) is 10.9. The van der Waals surface area contributed by atoms with Crippen molar-refractivity contribution in [3.8, 4) is 0 Å². The maximum absolute atomic E-state index is 12.8. The van der Waals surface area contributed by atoms with Gasteiger partial charge in [-0.2, -0.15) is 0 Å². The third-order valence-electron chi connectivity index (χ3n) is 13.0. The summed E-state index contributed by atoms with van der Waals surface area (Å²) in [6, 6.07) is 0. The smallest absolute Gasteiger partial charge is 0.310 e. The van der Waals surface area contributed by atoms with Gasteiger partial charge in [-0.1, -0.05) is 53.2 Å². The first-order valence-electron chi connectivity index (χ1n) is 14.1. The number of aliphatic carboxylic acids is 1. The Labute approximate surface area is 216 Å². The normalized spacial score (nSPS) is 55.9. The van der Waals surface area contributed by atoms with Gasteiger partial charge in [-0.05, 0) is 84.9 Å². The van der Waals surface area contributed by atoms with Crippen LogP contribution < -0.4 is 0 Å². The van der Waals surface area contributed by atoms with Gasteiger partial charge in [0.05, 0.1) is 30.3 Å². The summed E-state index contributed by atoms with van der Waals surface area (Å²) < 4.78 is 0. The molecule has 5 aliphatic rings. The third-order valence-corrected chi connectivity index (χ3v) is 13.0. The van der Waals surface area contributed by atoms with Crippen LogP contribution in [0.5, 0.6) is 0 Å². The van der Waals surface area contributed by atoms with Crippen LogP contribution in [0.15, 0.2) is 11.6 Å². The van der Waals surface area contributed by atoms with Crippen LogP contribution in [0.1, 0.15) is 92.9 Å². The highest BCUT2D eigenvalue weighted by Gasteiger charge is 2.72. The fourth-order valence-electron chi connectivity index (χ4n) is 10.9. The van der Waals surface area contributed by atoms with Gasteiger partial charge < -0.3 is 25.5 Å². The molecule has 0 saturated heterocycles. The van der Waals surface area contributed by atoms with Crippen LogP contribution in [0.2, 0.25) is 0 Å². The van der Waals surface area contributed by atoms with E-state index in [-0.39, 0.29) is 40.6 Å². The van der Waals surface area contributed by atoms with Crippen molar-refractivity contribution >= 4 is 5.97 Å². The summed E-state index contributed by atoms with van der Waals surface area (Å²) in [5.41, 5.74) is -1.32. The first-order chi connectivity index (χ1) is 16.5. The van der Waals surface area contributed by atoms with E-state index in [2.05, 4.69) is 40.7 Å². The summed E-state index contributed by atoms with van der Waals surface area (Å²) in [7, 11) is 0. The molecule has 204 valence electrons. The first-order valence-corrected chi connectivity index (χ1v) is 14.1. The number of fused-ring (bicyclic) bond motifs is 7. The maximum atomic E-state index is 12.8. The number of carboxylic acids is 1. The van der Waals surface area contributed by atoms with Crippen molar-refractivity contribution in [2.24, 2.45) is 50.2 Å². The predicted octanol–water partition coefficient (Wildman–Crippen LogP) is 4.15. The van der Waals surface area contributed by atoms with Crippen LogP contribution in [0.3, 0.4) is 0 Å². The van der Waals surface area contributed by atoms with Gasteiger partial charge in [-0.3, -0.25) is 4.79 Å². The Morgan fingerprint density at radius 1 is 0.917 bits per heavy atom. The van der Waals surface area contributed by atoms with Crippen molar-refractivity contribution in [2.75, 3.05) is 6.61 Å². The zero-order valence-corrected chi connectivity index (χ0v) is 23.0. The van der Waals surface area contributed by atoms with Crippen molar-refractivity contribution in [1.82, 2.24) is 0 Å². The molecule has 1 unspecified atom stereocenters. The van der Waals surface area contributed by atoms with Gasteiger partial charge in [0.1, 0.15) is 0 Å². The lowest BCUT2D eigenvalue weighted by molar-refractivity contribution is -0.273. The molecule has 0 aromatic heterocycles. The minimum absolute atomic E-state index is 0.000534. The van der Waals surface area contributed by atoms with Crippen LogP contribution in [0.25, 0.3) is 0 Å². The molecule has 5 N–H and O–H groups in total. The van der Waals surface area contributed by atoms with Crippen LogP contribution in [0.4, 0.5) is 0 Å². The van der Waals surface area contributed by atoms with Crippen LogP contribution >= 0.6 is 0 Å². The zero-order valence-electron chi connectivity index (χ0n) is 23.0. The van der Waals surface area contributed by atoms with Gasteiger partial charge in [0.2, 0.25) is 0 Å².